The van der Waals surface area contributed by atoms with Crippen molar-refractivity contribution < 1.29 is 13.2 Å². The van der Waals surface area contributed by atoms with Crippen molar-refractivity contribution in [3.05, 3.63) is 23.8 Å². The van der Waals surface area contributed by atoms with E-state index in [4.69, 9.17) is 0 Å². The fraction of sp³-hybridized carbons (Fsp3) is 0.708. The summed E-state index contributed by atoms with van der Waals surface area (Å²) in [6, 6.07) is 5.60. The summed E-state index contributed by atoms with van der Waals surface area (Å²) in [5, 5.41) is 0. The van der Waals surface area contributed by atoms with E-state index in [1.165, 1.54) is 36.4 Å². The molecule has 31 heavy (non-hydrogen) atoms. The van der Waals surface area contributed by atoms with Crippen LogP contribution in [0.4, 0.5) is 5.69 Å². The van der Waals surface area contributed by atoms with Gasteiger partial charge in [-0.3, -0.25) is 4.79 Å². The molecule has 2 saturated carbocycles. The second-order valence-corrected chi connectivity index (χ2v) is 11.8. The molecule has 1 atom stereocenters. The molecule has 0 radical (unpaired) electrons. The van der Waals surface area contributed by atoms with Crippen LogP contribution in [0.15, 0.2) is 23.1 Å². The van der Waals surface area contributed by atoms with Crippen molar-refractivity contribution in [3.8, 4) is 0 Å². The predicted molar refractivity (Wildman–Crippen MR) is 122 cm³/mol. The highest BCUT2D eigenvalue weighted by atomic mass is 32.2. The lowest BCUT2D eigenvalue weighted by Crippen LogP contribution is -2.69. The number of amides is 1. The molecular weight excluding hydrogens is 410 g/mol. The van der Waals surface area contributed by atoms with Crippen LogP contribution in [0.1, 0.15) is 69.2 Å². The summed E-state index contributed by atoms with van der Waals surface area (Å²) in [5.41, 5.74) is 1.84. The number of nitrogens with zero attached hydrogens (tertiary/aromatic N) is 3. The third-order valence-corrected chi connectivity index (χ3v) is 10.2. The van der Waals surface area contributed by atoms with E-state index in [1.807, 2.05) is 19.9 Å². The van der Waals surface area contributed by atoms with Crippen LogP contribution in [0, 0.1) is 11.3 Å². The van der Waals surface area contributed by atoms with Crippen molar-refractivity contribution in [2.75, 3.05) is 37.6 Å². The van der Waals surface area contributed by atoms with Gasteiger partial charge in [0, 0.05) is 49.9 Å². The van der Waals surface area contributed by atoms with Crippen molar-refractivity contribution in [1.29, 1.82) is 0 Å². The first kappa shape index (κ1) is 21.3. The predicted octanol–water partition coefficient (Wildman–Crippen LogP) is 3.72. The van der Waals surface area contributed by atoms with Crippen molar-refractivity contribution in [1.82, 2.24) is 9.21 Å². The molecule has 4 fully saturated rings. The van der Waals surface area contributed by atoms with E-state index in [9.17, 15) is 13.2 Å². The smallest absolute Gasteiger partial charge is 0.256 e. The average molecular weight is 446 g/mol. The molecule has 7 heteroatoms. The minimum Gasteiger partial charge on any atom is -0.371 e. The average Bonchev–Trinajstić information content (AvgIpc) is 3.36. The van der Waals surface area contributed by atoms with Gasteiger partial charge in [-0.2, -0.15) is 4.31 Å². The first-order valence-electron chi connectivity index (χ1n) is 12.1. The summed E-state index contributed by atoms with van der Waals surface area (Å²) in [7, 11) is -3.60. The van der Waals surface area contributed by atoms with E-state index in [1.54, 1.807) is 12.1 Å². The molecule has 1 aromatic rings. The zero-order valence-electron chi connectivity index (χ0n) is 18.8. The van der Waals surface area contributed by atoms with Crippen LogP contribution >= 0.6 is 0 Å². The van der Waals surface area contributed by atoms with Gasteiger partial charge in [0.25, 0.3) is 5.91 Å². The molecule has 1 spiro atoms. The highest BCUT2D eigenvalue weighted by Gasteiger charge is 2.61. The van der Waals surface area contributed by atoms with E-state index in [0.29, 0.717) is 36.0 Å². The minimum absolute atomic E-state index is 0.0351. The Morgan fingerprint density at radius 1 is 1.10 bits per heavy atom. The first-order chi connectivity index (χ1) is 14.9. The van der Waals surface area contributed by atoms with Crippen LogP contribution in [-0.2, 0) is 10.0 Å². The zero-order valence-corrected chi connectivity index (χ0v) is 19.7. The maximum atomic E-state index is 13.9. The zero-order chi connectivity index (χ0) is 21.8. The Hall–Kier alpha value is -1.60. The summed E-state index contributed by atoms with van der Waals surface area (Å²) in [6.45, 7) is 7.26. The number of carbonyl (C=O) groups is 1. The van der Waals surface area contributed by atoms with Gasteiger partial charge in [0.05, 0.1) is 10.5 Å². The van der Waals surface area contributed by atoms with E-state index >= 15 is 0 Å². The molecule has 170 valence electrons. The number of likely N-dealkylation sites (tertiary alicyclic amines) is 1. The molecule has 2 saturated heterocycles. The number of benzene rings is 1. The molecule has 2 heterocycles. The lowest BCUT2D eigenvalue weighted by atomic mass is 9.56. The molecular formula is C24H35N3O3S. The van der Waals surface area contributed by atoms with Crippen molar-refractivity contribution in [2.45, 2.75) is 69.7 Å². The Kier molecular flexibility index (Phi) is 5.32. The quantitative estimate of drug-likeness (QED) is 0.642. The fourth-order valence-corrected chi connectivity index (χ4v) is 7.63. The summed E-state index contributed by atoms with van der Waals surface area (Å²) >= 11 is 0. The summed E-state index contributed by atoms with van der Waals surface area (Å²) < 4.78 is 27.8. The second kappa shape index (κ2) is 7.77. The van der Waals surface area contributed by atoms with Gasteiger partial charge < -0.3 is 9.80 Å². The largest absolute Gasteiger partial charge is 0.371 e. The molecule has 5 rings (SSSR count). The maximum Gasteiger partial charge on any atom is 0.256 e. The molecule has 0 N–H and O–H groups in total. The standard InChI is InChI=1S/C24H35N3O3S/c1-3-26(4-2)31(29,30)19-10-11-21(25-14-5-6-15-25)20(16-19)23(28)27-17-24(12-7-13-24)22(27)18-8-9-18/h10-11,16,18,22H,3-9,12-15,17H2,1-2H3. The van der Waals surface area contributed by atoms with E-state index in [0.717, 1.165) is 38.2 Å². The van der Waals surface area contributed by atoms with Gasteiger partial charge in [-0.1, -0.05) is 20.3 Å². The van der Waals surface area contributed by atoms with Gasteiger partial charge in [0.15, 0.2) is 0 Å². The molecule has 6 nitrogen and oxygen atoms in total. The fourth-order valence-electron chi connectivity index (χ4n) is 6.15. The summed E-state index contributed by atoms with van der Waals surface area (Å²) in [6.07, 6.45) is 8.45. The van der Waals surface area contributed by atoms with Crippen molar-refractivity contribution in [2.24, 2.45) is 11.3 Å². The third-order valence-electron chi connectivity index (χ3n) is 8.12. The Morgan fingerprint density at radius 2 is 1.77 bits per heavy atom. The molecule has 1 unspecified atom stereocenters. The van der Waals surface area contributed by atoms with Crippen LogP contribution in [0.2, 0.25) is 0 Å². The Morgan fingerprint density at radius 3 is 2.32 bits per heavy atom. The molecule has 1 amide bonds. The van der Waals surface area contributed by atoms with E-state index in [2.05, 4.69) is 9.80 Å². The Labute approximate surface area is 186 Å². The molecule has 1 aromatic carbocycles. The number of rotatable bonds is 7. The van der Waals surface area contributed by atoms with Crippen LogP contribution in [0.5, 0.6) is 0 Å². The van der Waals surface area contributed by atoms with Gasteiger partial charge in [-0.05, 0) is 62.6 Å². The lowest BCUT2D eigenvalue weighted by molar-refractivity contribution is -0.111. The van der Waals surface area contributed by atoms with Gasteiger partial charge in [0.2, 0.25) is 10.0 Å². The topological polar surface area (TPSA) is 60.9 Å². The molecule has 0 bridgehead atoms. The van der Waals surface area contributed by atoms with Gasteiger partial charge in [0.1, 0.15) is 0 Å². The highest BCUT2D eigenvalue weighted by Crippen LogP contribution is 2.60. The summed E-state index contributed by atoms with van der Waals surface area (Å²) in [4.78, 5) is 18.4. The molecule has 2 aliphatic carbocycles. The highest BCUT2D eigenvalue weighted by molar-refractivity contribution is 7.89. The second-order valence-electron chi connectivity index (χ2n) is 9.89. The van der Waals surface area contributed by atoms with Crippen LogP contribution < -0.4 is 4.90 Å². The SMILES string of the molecule is CCN(CC)S(=O)(=O)c1ccc(N2CCCC2)c(C(=O)N2CC3(CCC3)C2C2CC2)c1. The Bertz CT molecular complexity index is 958. The molecule has 2 aliphatic heterocycles. The number of hydrogen-bond acceptors (Lipinski definition) is 4. The van der Waals surface area contributed by atoms with Gasteiger partial charge >= 0.3 is 0 Å². The monoisotopic (exact) mass is 445 g/mol. The van der Waals surface area contributed by atoms with E-state index in [-0.39, 0.29) is 10.8 Å². The molecule has 4 aliphatic rings. The normalized spacial score (nSPS) is 25.1. The van der Waals surface area contributed by atoms with Crippen molar-refractivity contribution >= 4 is 21.6 Å². The number of carbonyl (C=O) groups excluding carboxylic acids is 1. The maximum absolute atomic E-state index is 13.9. The van der Waals surface area contributed by atoms with Crippen LogP contribution in [-0.4, -0.2) is 62.3 Å². The lowest BCUT2D eigenvalue weighted by Gasteiger charge is -2.63. The van der Waals surface area contributed by atoms with E-state index < -0.39 is 10.0 Å². The van der Waals surface area contributed by atoms with Crippen molar-refractivity contribution in [3.63, 3.8) is 0 Å². The minimum atomic E-state index is -3.60. The molecule has 0 aromatic heterocycles. The van der Waals surface area contributed by atoms with Gasteiger partial charge in [-0.15, -0.1) is 0 Å². The van der Waals surface area contributed by atoms with Crippen LogP contribution in [0.25, 0.3) is 0 Å². The Balaban J connectivity index is 1.51. The summed E-state index contributed by atoms with van der Waals surface area (Å²) in [5.74, 6) is 0.684. The number of anilines is 1. The van der Waals surface area contributed by atoms with Crippen LogP contribution in [0.3, 0.4) is 0 Å². The number of hydrogen-bond donors (Lipinski definition) is 0. The first-order valence-corrected chi connectivity index (χ1v) is 13.6. The number of sulfonamides is 1. The third kappa shape index (κ3) is 3.39. The van der Waals surface area contributed by atoms with Gasteiger partial charge in [-0.25, -0.2) is 8.42 Å².